The molecule has 0 aromatic heterocycles. The van der Waals surface area contributed by atoms with Crippen molar-refractivity contribution in [1.29, 1.82) is 0 Å². The second-order valence-electron chi connectivity index (χ2n) is 13.4. The Hall–Kier alpha value is -3.75. The molecule has 0 fully saturated rings. The van der Waals surface area contributed by atoms with Crippen LogP contribution in [0.4, 0.5) is 0 Å². The van der Waals surface area contributed by atoms with Gasteiger partial charge in [-0.15, -0.1) is 0 Å². The lowest BCUT2D eigenvalue weighted by Crippen LogP contribution is -2.50. The van der Waals surface area contributed by atoms with Crippen molar-refractivity contribution in [3.8, 4) is 0 Å². The standard InChI is InChI=1S/C44H69NO7/c1-6-8-10-12-14-16-18-20-21-22-23-25-27-29-31-33-35-43(47)52-40(38-50-37-36-41(44(48)49)45(3,4)5)39-51-42(46)34-32-30-28-26-24-19-17-15-13-11-9-7-2/h8-11,14-17,20-21,23-26,29,31,40-41H,6-7,12-13,18-19,22,27-28,30,32-39H2,1-5H3/p+1/b10-8+,11-9+,16-14+,17-15+,21-20+,25-23+,26-24+,31-29+. The topological polar surface area (TPSA) is 99.1 Å². The van der Waals surface area contributed by atoms with Crippen LogP contribution in [-0.2, 0) is 28.6 Å². The van der Waals surface area contributed by atoms with Gasteiger partial charge in [-0.05, 0) is 77.0 Å². The molecule has 2 atom stereocenters. The third-order valence-corrected chi connectivity index (χ3v) is 7.74. The molecule has 8 heteroatoms. The van der Waals surface area contributed by atoms with E-state index in [2.05, 4.69) is 98.9 Å². The van der Waals surface area contributed by atoms with Crippen LogP contribution in [-0.4, -0.2) is 80.6 Å². The quantitative estimate of drug-likeness (QED) is 0.0319. The van der Waals surface area contributed by atoms with Gasteiger partial charge in [-0.2, -0.15) is 0 Å². The molecule has 0 rings (SSSR count). The Bertz CT molecular complexity index is 1170. The van der Waals surface area contributed by atoms with Crippen LogP contribution < -0.4 is 0 Å². The van der Waals surface area contributed by atoms with Crippen LogP contribution in [0, 0.1) is 0 Å². The molecule has 8 nitrogen and oxygen atoms in total. The molecule has 1 N–H and O–H groups in total. The lowest BCUT2D eigenvalue weighted by molar-refractivity contribution is -0.887. The summed E-state index contributed by atoms with van der Waals surface area (Å²) in [6.45, 7) is 4.34. The van der Waals surface area contributed by atoms with Crippen molar-refractivity contribution in [3.05, 3.63) is 97.2 Å². The Morgan fingerprint density at radius 3 is 1.50 bits per heavy atom. The Morgan fingerprint density at radius 2 is 1.04 bits per heavy atom. The highest BCUT2D eigenvalue weighted by atomic mass is 16.6. The largest absolute Gasteiger partial charge is 0.477 e. The van der Waals surface area contributed by atoms with E-state index < -0.39 is 24.1 Å². The molecule has 0 amide bonds. The first-order valence-electron chi connectivity index (χ1n) is 19.3. The van der Waals surface area contributed by atoms with Crippen LogP contribution in [0.1, 0.15) is 110 Å². The summed E-state index contributed by atoms with van der Waals surface area (Å²) in [4.78, 5) is 36.8. The van der Waals surface area contributed by atoms with Gasteiger partial charge in [-0.25, -0.2) is 4.79 Å². The summed E-state index contributed by atoms with van der Waals surface area (Å²) in [5.74, 6) is -1.65. The van der Waals surface area contributed by atoms with Crippen molar-refractivity contribution >= 4 is 17.9 Å². The lowest BCUT2D eigenvalue weighted by atomic mass is 10.1. The minimum atomic E-state index is -0.897. The van der Waals surface area contributed by atoms with E-state index in [1.165, 1.54) is 0 Å². The van der Waals surface area contributed by atoms with E-state index in [0.717, 1.165) is 64.2 Å². The fourth-order valence-corrected chi connectivity index (χ4v) is 4.80. The van der Waals surface area contributed by atoms with Crippen LogP contribution in [0.25, 0.3) is 0 Å². The minimum absolute atomic E-state index is 0.0122. The Kier molecular flexibility index (Phi) is 31.9. The van der Waals surface area contributed by atoms with Gasteiger partial charge in [0, 0.05) is 19.3 Å². The van der Waals surface area contributed by atoms with Crippen LogP contribution in [0.3, 0.4) is 0 Å². The van der Waals surface area contributed by atoms with Crippen molar-refractivity contribution in [2.75, 3.05) is 41.0 Å². The van der Waals surface area contributed by atoms with Gasteiger partial charge >= 0.3 is 17.9 Å². The van der Waals surface area contributed by atoms with Gasteiger partial charge in [0.2, 0.25) is 0 Å². The number of hydrogen-bond donors (Lipinski definition) is 1. The normalized spacial score (nSPS) is 14.1. The van der Waals surface area contributed by atoms with E-state index in [-0.39, 0.29) is 43.1 Å². The summed E-state index contributed by atoms with van der Waals surface area (Å²) < 4.78 is 17.1. The van der Waals surface area contributed by atoms with Crippen molar-refractivity contribution in [2.45, 2.75) is 122 Å². The molecular formula is C44H70NO7+. The maximum Gasteiger partial charge on any atom is 0.362 e. The molecule has 292 valence electrons. The second-order valence-corrected chi connectivity index (χ2v) is 13.4. The number of esters is 2. The number of carbonyl (C=O) groups excluding carboxylic acids is 2. The number of aliphatic carboxylic acids is 1. The predicted octanol–water partition coefficient (Wildman–Crippen LogP) is 9.96. The predicted molar refractivity (Wildman–Crippen MR) is 215 cm³/mol. The van der Waals surface area contributed by atoms with E-state index in [1.807, 2.05) is 33.3 Å². The minimum Gasteiger partial charge on any atom is -0.477 e. The third kappa shape index (κ3) is 32.2. The number of nitrogens with zero attached hydrogens (tertiary/aromatic N) is 1. The van der Waals surface area contributed by atoms with Crippen molar-refractivity contribution in [2.24, 2.45) is 0 Å². The molecule has 0 aliphatic carbocycles. The summed E-state index contributed by atoms with van der Waals surface area (Å²) in [5.41, 5.74) is 0. The molecular weight excluding hydrogens is 654 g/mol. The first kappa shape index (κ1) is 48.2. The molecule has 0 saturated carbocycles. The SMILES string of the molecule is CC/C=C/C/C=C/C/C=C/C/C=C/C/C=C/CCC(=O)OC(COCCC(C(=O)O)[N+](C)(C)C)COC(=O)CCCC/C=C/C/C=C/C/C=C/CC. The number of unbranched alkanes of at least 4 members (excludes halogenated alkanes) is 2. The van der Waals surface area contributed by atoms with Gasteiger partial charge in [0.25, 0.3) is 0 Å². The van der Waals surface area contributed by atoms with Gasteiger partial charge in [0.15, 0.2) is 12.1 Å². The number of carboxylic acids is 1. The summed E-state index contributed by atoms with van der Waals surface area (Å²) in [6.07, 6.45) is 44.8. The smallest absolute Gasteiger partial charge is 0.362 e. The van der Waals surface area contributed by atoms with E-state index in [1.54, 1.807) is 0 Å². The van der Waals surface area contributed by atoms with Gasteiger partial charge < -0.3 is 23.8 Å². The van der Waals surface area contributed by atoms with Crippen LogP contribution in [0.2, 0.25) is 0 Å². The number of hydrogen-bond acceptors (Lipinski definition) is 6. The Morgan fingerprint density at radius 1 is 0.577 bits per heavy atom. The monoisotopic (exact) mass is 725 g/mol. The molecule has 0 heterocycles. The summed E-state index contributed by atoms with van der Waals surface area (Å²) in [7, 11) is 5.46. The zero-order chi connectivity index (χ0) is 38.5. The van der Waals surface area contributed by atoms with Crippen molar-refractivity contribution in [1.82, 2.24) is 0 Å². The van der Waals surface area contributed by atoms with E-state index in [0.29, 0.717) is 19.3 Å². The fraction of sp³-hybridized carbons (Fsp3) is 0.568. The maximum absolute atomic E-state index is 12.6. The summed E-state index contributed by atoms with van der Waals surface area (Å²) in [6, 6.07) is -0.637. The molecule has 52 heavy (non-hydrogen) atoms. The summed E-state index contributed by atoms with van der Waals surface area (Å²) >= 11 is 0. The molecule has 0 aromatic carbocycles. The molecule has 0 aliphatic heterocycles. The van der Waals surface area contributed by atoms with E-state index in [4.69, 9.17) is 14.2 Å². The Balaban J connectivity index is 4.63. The lowest BCUT2D eigenvalue weighted by Gasteiger charge is -2.31. The van der Waals surface area contributed by atoms with Crippen molar-refractivity contribution < 1.29 is 38.2 Å². The third-order valence-electron chi connectivity index (χ3n) is 7.74. The zero-order valence-electron chi connectivity index (χ0n) is 33.0. The van der Waals surface area contributed by atoms with Crippen LogP contribution >= 0.6 is 0 Å². The Labute approximate surface area is 316 Å². The summed E-state index contributed by atoms with van der Waals surface area (Å²) in [5, 5.41) is 9.58. The van der Waals surface area contributed by atoms with E-state index in [9.17, 15) is 19.5 Å². The van der Waals surface area contributed by atoms with Gasteiger partial charge in [0.1, 0.15) is 6.61 Å². The molecule has 0 radical (unpaired) electrons. The number of likely N-dealkylation sites (N-methyl/N-ethyl adjacent to an activating group) is 1. The van der Waals surface area contributed by atoms with Gasteiger partial charge in [0.05, 0.1) is 34.4 Å². The first-order chi connectivity index (χ1) is 25.1. The van der Waals surface area contributed by atoms with Gasteiger partial charge in [-0.3, -0.25) is 9.59 Å². The number of carboxylic acid groups (broad SMARTS) is 1. The zero-order valence-corrected chi connectivity index (χ0v) is 33.0. The van der Waals surface area contributed by atoms with Crippen LogP contribution in [0.5, 0.6) is 0 Å². The van der Waals surface area contributed by atoms with Crippen LogP contribution in [0.15, 0.2) is 97.2 Å². The molecule has 2 unspecified atom stereocenters. The first-order valence-corrected chi connectivity index (χ1v) is 19.3. The molecule has 0 aliphatic rings. The number of rotatable bonds is 32. The maximum atomic E-state index is 12.6. The highest BCUT2D eigenvalue weighted by Gasteiger charge is 2.31. The van der Waals surface area contributed by atoms with Crippen molar-refractivity contribution in [3.63, 3.8) is 0 Å². The molecule has 0 aromatic rings. The molecule has 0 spiro atoms. The number of allylic oxidation sites excluding steroid dienone is 16. The highest BCUT2D eigenvalue weighted by Crippen LogP contribution is 2.10. The average Bonchev–Trinajstić information content (AvgIpc) is 3.09. The second kappa shape index (κ2) is 34.3. The van der Waals surface area contributed by atoms with E-state index >= 15 is 0 Å². The number of quaternary nitrogens is 1. The number of carbonyl (C=O) groups is 3. The average molecular weight is 725 g/mol. The fourth-order valence-electron chi connectivity index (χ4n) is 4.80. The molecule has 0 saturated heterocycles. The van der Waals surface area contributed by atoms with Gasteiger partial charge in [-0.1, -0.05) is 111 Å². The number of ether oxygens (including phenoxy) is 3. The highest BCUT2D eigenvalue weighted by molar-refractivity contribution is 5.72. The molecule has 0 bridgehead atoms.